The molecule has 0 unspecified atom stereocenters. The first-order valence-corrected chi connectivity index (χ1v) is 7.89. The van der Waals surface area contributed by atoms with Crippen LogP contribution in [0.4, 0.5) is 0 Å². The predicted molar refractivity (Wildman–Crippen MR) is 94.7 cm³/mol. The summed E-state index contributed by atoms with van der Waals surface area (Å²) in [5.74, 6) is 0. The molecule has 0 spiro atoms. The van der Waals surface area contributed by atoms with Gasteiger partial charge in [-0.2, -0.15) is 0 Å². The average molecular weight is 299 g/mol. The highest BCUT2D eigenvalue weighted by atomic mass is 16.3. The fraction of sp³-hybridized carbons (Fsp3) is 0.400. The minimum atomic E-state index is -0.864. The van der Waals surface area contributed by atoms with Gasteiger partial charge >= 0.3 is 0 Å². The van der Waals surface area contributed by atoms with Crippen LogP contribution in [0.25, 0.3) is 0 Å². The maximum atomic E-state index is 11.0. The number of nitrogens with two attached hydrogens (primary N) is 1. The number of hydrogen-bond donors (Lipinski definition) is 2. The van der Waals surface area contributed by atoms with Crippen molar-refractivity contribution in [3.05, 3.63) is 71.8 Å². The SMILES string of the molecule is CC(C)(C)N.CCCC(O)(c1ccccc1)c1ccccc1. The molecule has 0 saturated carbocycles. The lowest BCUT2D eigenvalue weighted by Gasteiger charge is -2.29. The molecule has 0 aliphatic carbocycles. The zero-order chi connectivity index (χ0) is 16.6. The molecule has 0 heterocycles. The van der Waals surface area contributed by atoms with Gasteiger partial charge in [-0.15, -0.1) is 0 Å². The molecule has 120 valence electrons. The molecule has 2 aromatic carbocycles. The third-order valence-corrected chi connectivity index (χ3v) is 3.11. The molecule has 2 heteroatoms. The van der Waals surface area contributed by atoms with Crippen LogP contribution in [0.15, 0.2) is 60.7 Å². The van der Waals surface area contributed by atoms with Gasteiger partial charge in [0.2, 0.25) is 0 Å². The Labute approximate surface area is 135 Å². The van der Waals surface area contributed by atoms with Crippen LogP contribution in [0.2, 0.25) is 0 Å². The van der Waals surface area contributed by atoms with E-state index in [9.17, 15) is 5.11 Å². The van der Waals surface area contributed by atoms with Crippen molar-refractivity contribution in [3.63, 3.8) is 0 Å². The van der Waals surface area contributed by atoms with E-state index < -0.39 is 5.60 Å². The summed E-state index contributed by atoms with van der Waals surface area (Å²) in [6.07, 6.45) is 1.68. The fourth-order valence-corrected chi connectivity index (χ4v) is 2.24. The molecule has 0 amide bonds. The summed E-state index contributed by atoms with van der Waals surface area (Å²) in [4.78, 5) is 0. The first-order valence-electron chi connectivity index (χ1n) is 7.89. The Morgan fingerprint density at radius 2 is 1.14 bits per heavy atom. The van der Waals surface area contributed by atoms with Gasteiger partial charge in [0.05, 0.1) is 0 Å². The molecular formula is C20H29NO. The minimum absolute atomic E-state index is 0. The Kier molecular flexibility index (Phi) is 6.79. The Hall–Kier alpha value is -1.64. The third-order valence-electron chi connectivity index (χ3n) is 3.11. The van der Waals surface area contributed by atoms with Crippen LogP contribution < -0.4 is 5.73 Å². The minimum Gasteiger partial charge on any atom is -0.380 e. The largest absolute Gasteiger partial charge is 0.380 e. The van der Waals surface area contributed by atoms with E-state index in [1.807, 2.05) is 81.4 Å². The van der Waals surface area contributed by atoms with Crippen molar-refractivity contribution in [3.8, 4) is 0 Å². The average Bonchev–Trinajstić information content (AvgIpc) is 2.47. The normalized spacial score (nSPS) is 11.5. The predicted octanol–water partition coefficient (Wildman–Crippen LogP) is 4.47. The molecule has 0 aromatic heterocycles. The van der Waals surface area contributed by atoms with E-state index >= 15 is 0 Å². The highest BCUT2D eigenvalue weighted by molar-refractivity contribution is 5.35. The van der Waals surface area contributed by atoms with Gasteiger partial charge in [-0.25, -0.2) is 0 Å². The van der Waals surface area contributed by atoms with E-state index in [4.69, 9.17) is 5.73 Å². The molecule has 0 radical (unpaired) electrons. The van der Waals surface area contributed by atoms with Crippen molar-refractivity contribution in [2.75, 3.05) is 0 Å². The van der Waals surface area contributed by atoms with E-state index in [1.54, 1.807) is 0 Å². The van der Waals surface area contributed by atoms with Crippen LogP contribution in [0.5, 0.6) is 0 Å². The van der Waals surface area contributed by atoms with Crippen LogP contribution >= 0.6 is 0 Å². The Bertz CT molecular complexity index is 483. The van der Waals surface area contributed by atoms with E-state index in [2.05, 4.69) is 6.92 Å². The third kappa shape index (κ3) is 6.00. The molecule has 2 nitrogen and oxygen atoms in total. The number of hydrogen-bond acceptors (Lipinski definition) is 2. The number of rotatable bonds is 4. The monoisotopic (exact) mass is 299 g/mol. The Morgan fingerprint density at radius 1 is 0.818 bits per heavy atom. The van der Waals surface area contributed by atoms with Gasteiger partial charge in [0.15, 0.2) is 0 Å². The van der Waals surface area contributed by atoms with Crippen molar-refractivity contribution < 1.29 is 5.11 Å². The summed E-state index contributed by atoms with van der Waals surface area (Å²) in [5.41, 5.74) is 6.42. The summed E-state index contributed by atoms with van der Waals surface area (Å²) >= 11 is 0. The van der Waals surface area contributed by atoms with Gasteiger partial charge in [0.25, 0.3) is 0 Å². The van der Waals surface area contributed by atoms with Gasteiger partial charge in [0.1, 0.15) is 5.60 Å². The second kappa shape index (κ2) is 8.11. The van der Waals surface area contributed by atoms with Crippen molar-refractivity contribution in [1.29, 1.82) is 0 Å². The summed E-state index contributed by atoms with van der Waals surface area (Å²) < 4.78 is 0. The molecular weight excluding hydrogens is 270 g/mol. The molecule has 22 heavy (non-hydrogen) atoms. The van der Waals surface area contributed by atoms with Crippen molar-refractivity contribution in [2.45, 2.75) is 51.7 Å². The molecule has 0 saturated heterocycles. The van der Waals surface area contributed by atoms with Crippen LogP contribution in [0.1, 0.15) is 51.7 Å². The topological polar surface area (TPSA) is 46.2 Å². The lowest BCUT2D eigenvalue weighted by atomic mass is 9.83. The molecule has 0 bridgehead atoms. The molecule has 0 aliphatic heterocycles. The summed E-state index contributed by atoms with van der Waals surface area (Å²) in [5, 5.41) is 11.0. The molecule has 2 rings (SSSR count). The lowest BCUT2D eigenvalue weighted by molar-refractivity contribution is 0.0702. The van der Waals surface area contributed by atoms with Gasteiger partial charge in [-0.1, -0.05) is 74.0 Å². The zero-order valence-corrected chi connectivity index (χ0v) is 14.2. The smallest absolute Gasteiger partial charge is 0.115 e. The van der Waals surface area contributed by atoms with E-state index in [0.717, 1.165) is 24.0 Å². The van der Waals surface area contributed by atoms with Gasteiger partial charge in [-0.05, 0) is 38.3 Å². The summed E-state index contributed by atoms with van der Waals surface area (Å²) in [6, 6.07) is 19.8. The van der Waals surface area contributed by atoms with Crippen LogP contribution in [-0.4, -0.2) is 10.6 Å². The van der Waals surface area contributed by atoms with Crippen molar-refractivity contribution in [1.82, 2.24) is 0 Å². The summed E-state index contributed by atoms with van der Waals surface area (Å²) in [6.45, 7) is 7.99. The van der Waals surface area contributed by atoms with Crippen LogP contribution in [0.3, 0.4) is 0 Å². The van der Waals surface area contributed by atoms with Gasteiger partial charge < -0.3 is 10.8 Å². The standard InChI is InChI=1S/C16H18O.C4H11N/c1-2-13-16(17,14-9-5-3-6-10-14)15-11-7-4-8-12-15;1-4(2,3)5/h3-12,17H,2,13H2,1H3;5H2,1-3H3. The number of aliphatic hydroxyl groups is 1. The highest BCUT2D eigenvalue weighted by Crippen LogP contribution is 2.33. The molecule has 0 fully saturated rings. The lowest BCUT2D eigenvalue weighted by Crippen LogP contribution is -2.26. The quantitative estimate of drug-likeness (QED) is 0.875. The van der Waals surface area contributed by atoms with Gasteiger partial charge in [0, 0.05) is 5.54 Å². The van der Waals surface area contributed by atoms with E-state index in [1.165, 1.54) is 0 Å². The van der Waals surface area contributed by atoms with Crippen molar-refractivity contribution >= 4 is 0 Å². The van der Waals surface area contributed by atoms with Crippen molar-refractivity contribution in [2.24, 2.45) is 5.73 Å². The second-order valence-electron chi connectivity index (χ2n) is 6.71. The fourth-order valence-electron chi connectivity index (χ4n) is 2.24. The second-order valence-corrected chi connectivity index (χ2v) is 6.71. The maximum absolute atomic E-state index is 11.0. The molecule has 0 atom stereocenters. The van der Waals surface area contributed by atoms with Crippen LogP contribution in [-0.2, 0) is 5.60 Å². The van der Waals surface area contributed by atoms with E-state index in [-0.39, 0.29) is 5.54 Å². The van der Waals surface area contributed by atoms with Gasteiger partial charge in [-0.3, -0.25) is 0 Å². The first kappa shape index (κ1) is 18.4. The first-order chi connectivity index (χ1) is 10.3. The molecule has 2 aromatic rings. The molecule has 0 aliphatic rings. The Morgan fingerprint density at radius 3 is 1.41 bits per heavy atom. The summed E-state index contributed by atoms with van der Waals surface area (Å²) in [7, 11) is 0. The van der Waals surface area contributed by atoms with Crippen LogP contribution in [0, 0.1) is 0 Å². The maximum Gasteiger partial charge on any atom is 0.115 e. The number of benzene rings is 2. The highest BCUT2D eigenvalue weighted by Gasteiger charge is 2.29. The molecule has 3 N–H and O–H groups in total. The Balaban J connectivity index is 0.000000422. The zero-order valence-electron chi connectivity index (χ0n) is 14.2. The van der Waals surface area contributed by atoms with E-state index in [0.29, 0.717) is 0 Å².